The van der Waals surface area contributed by atoms with Crippen molar-refractivity contribution in [3.8, 4) is 0 Å². The molecular weight excluding hydrogens is 380 g/mol. The molecule has 0 aromatic rings. The molecule has 5 aliphatic heterocycles. The molecule has 29 heavy (non-hydrogen) atoms. The van der Waals surface area contributed by atoms with Crippen molar-refractivity contribution in [2.24, 2.45) is 0 Å². The average molecular weight is 410 g/mol. The number of rotatable bonds is 2. The Kier molecular flexibility index (Phi) is 5.09. The number of amides is 3. The summed E-state index contributed by atoms with van der Waals surface area (Å²) < 4.78 is 0. The second-order valence-corrected chi connectivity index (χ2v) is 8.80. The molecule has 10 nitrogen and oxygen atoms in total. The molecule has 1 unspecified atom stereocenters. The van der Waals surface area contributed by atoms with Crippen molar-refractivity contribution in [3.05, 3.63) is 0 Å². The lowest BCUT2D eigenvalue weighted by atomic mass is 9.80. The first-order valence-electron chi connectivity index (χ1n) is 10.4. The van der Waals surface area contributed by atoms with Gasteiger partial charge in [-0.15, -0.1) is 0 Å². The van der Waals surface area contributed by atoms with Gasteiger partial charge in [-0.25, -0.2) is 0 Å². The number of carbonyl (C=O) groups is 3. The molecule has 7 atom stereocenters. The molecular formula is C19H30N4O6. The fraction of sp³-hybridized carbons (Fsp3) is 0.842. The fourth-order valence-electron chi connectivity index (χ4n) is 5.36. The third-order valence-corrected chi connectivity index (χ3v) is 7.04. The zero-order chi connectivity index (χ0) is 21.1. The summed E-state index contributed by atoms with van der Waals surface area (Å²) in [6, 6.07) is -2.24. The summed E-state index contributed by atoms with van der Waals surface area (Å²) in [7, 11) is 0. The van der Waals surface area contributed by atoms with Gasteiger partial charge in [0.25, 0.3) is 5.91 Å². The highest BCUT2D eigenvalue weighted by Crippen LogP contribution is 2.35. The lowest BCUT2D eigenvalue weighted by molar-refractivity contribution is -0.188. The van der Waals surface area contributed by atoms with E-state index in [1.807, 2.05) is 0 Å². The van der Waals surface area contributed by atoms with Crippen LogP contribution in [-0.2, 0) is 14.4 Å². The molecule has 162 valence electrons. The third-order valence-electron chi connectivity index (χ3n) is 7.04. The van der Waals surface area contributed by atoms with Gasteiger partial charge in [-0.3, -0.25) is 19.3 Å². The number of nitrogens with zero attached hydrogens (tertiary/aromatic N) is 3. The standard InChI is InChI=1S/C19H30N4O6/c1-10(24)14-17(28)22-8-4-6-13(22)16(27)21-7-3-5-12(21)15(26)20-19(11(2)25)9-23(14)18(19)29/h10-14,17,24-25,28H,3-9H2,1-2H3,(H,20,26)/t10-,11-,12+,13+,14?,17-,19+/m1/s1. The van der Waals surface area contributed by atoms with Crippen LogP contribution in [-0.4, -0.2) is 109 Å². The highest BCUT2D eigenvalue weighted by molar-refractivity contribution is 6.00. The van der Waals surface area contributed by atoms with E-state index in [1.54, 1.807) is 9.80 Å². The van der Waals surface area contributed by atoms with E-state index in [-0.39, 0.29) is 12.5 Å². The van der Waals surface area contributed by atoms with E-state index in [0.717, 1.165) is 0 Å². The Hall–Kier alpha value is -1.75. The van der Waals surface area contributed by atoms with Crippen molar-refractivity contribution in [1.29, 1.82) is 0 Å². The summed E-state index contributed by atoms with van der Waals surface area (Å²) in [6.45, 7) is 3.82. The zero-order valence-corrected chi connectivity index (χ0v) is 16.8. The number of β-lactam (4-membered cyclic amide) rings is 1. The number of nitrogens with one attached hydrogen (secondary N) is 1. The largest absolute Gasteiger partial charge is 0.391 e. The molecule has 0 aromatic carbocycles. The molecule has 4 N–H and O–H groups in total. The normalized spacial score (nSPS) is 40.4. The van der Waals surface area contributed by atoms with Crippen molar-refractivity contribution in [1.82, 2.24) is 20.0 Å². The van der Waals surface area contributed by atoms with Crippen LogP contribution >= 0.6 is 0 Å². The van der Waals surface area contributed by atoms with Gasteiger partial charge < -0.3 is 30.4 Å². The SMILES string of the molecule is C[C@@H](O)C1[C@@H](O)N2CCC[C@H]2C(=O)N2CCC[C@H]2C(=O)N[C@]2([C@@H](C)O)CN1C2=O. The van der Waals surface area contributed by atoms with E-state index in [2.05, 4.69) is 5.32 Å². The molecule has 0 saturated carbocycles. The van der Waals surface area contributed by atoms with Gasteiger partial charge in [-0.05, 0) is 39.5 Å². The van der Waals surface area contributed by atoms with Crippen LogP contribution in [0.5, 0.6) is 0 Å². The van der Waals surface area contributed by atoms with Gasteiger partial charge in [0.05, 0.1) is 30.8 Å². The maximum absolute atomic E-state index is 13.3. The Balaban J connectivity index is 1.76. The summed E-state index contributed by atoms with van der Waals surface area (Å²) in [5.41, 5.74) is -1.51. The van der Waals surface area contributed by atoms with Gasteiger partial charge in [0.2, 0.25) is 11.8 Å². The Labute approximate surface area is 169 Å². The first-order chi connectivity index (χ1) is 13.7. The topological polar surface area (TPSA) is 134 Å². The predicted molar refractivity (Wildman–Crippen MR) is 100 cm³/mol. The number of aliphatic hydroxyl groups is 3. The van der Waals surface area contributed by atoms with Crippen molar-refractivity contribution in [2.45, 2.75) is 81.6 Å². The monoisotopic (exact) mass is 410 g/mol. The maximum atomic E-state index is 13.3. The lowest BCUT2D eigenvalue weighted by Gasteiger charge is -2.56. The van der Waals surface area contributed by atoms with Gasteiger partial charge in [0.15, 0.2) is 5.54 Å². The summed E-state index contributed by atoms with van der Waals surface area (Å²) >= 11 is 0. The van der Waals surface area contributed by atoms with Crippen LogP contribution in [0.2, 0.25) is 0 Å². The second kappa shape index (κ2) is 7.19. The Morgan fingerprint density at radius 2 is 1.69 bits per heavy atom. The van der Waals surface area contributed by atoms with Crippen molar-refractivity contribution >= 4 is 17.7 Å². The first-order valence-corrected chi connectivity index (χ1v) is 10.4. The molecule has 0 radical (unpaired) electrons. The van der Waals surface area contributed by atoms with Crippen molar-refractivity contribution < 1.29 is 29.7 Å². The number of carbonyl (C=O) groups excluding carboxylic acids is 3. The first kappa shape index (κ1) is 20.5. The minimum absolute atomic E-state index is 0.0129. The Bertz CT molecular complexity index is 715. The molecule has 5 rings (SSSR count). The maximum Gasteiger partial charge on any atom is 0.253 e. The van der Waals surface area contributed by atoms with E-state index < -0.39 is 53.9 Å². The summed E-state index contributed by atoms with van der Waals surface area (Å²) in [4.78, 5) is 43.9. The third kappa shape index (κ3) is 2.96. The van der Waals surface area contributed by atoms with E-state index in [4.69, 9.17) is 0 Å². The van der Waals surface area contributed by atoms with Crippen LogP contribution in [0.15, 0.2) is 0 Å². The summed E-state index contributed by atoms with van der Waals surface area (Å²) in [5, 5.41) is 34.5. The number of aliphatic hydroxyl groups excluding tert-OH is 3. The van der Waals surface area contributed by atoms with Gasteiger partial charge in [0.1, 0.15) is 12.3 Å². The fourth-order valence-corrected chi connectivity index (χ4v) is 5.36. The average Bonchev–Trinajstić information content (AvgIpc) is 3.33. The van der Waals surface area contributed by atoms with Gasteiger partial charge in [0, 0.05) is 13.1 Å². The molecule has 5 fully saturated rings. The van der Waals surface area contributed by atoms with Crippen molar-refractivity contribution in [3.63, 3.8) is 0 Å². The van der Waals surface area contributed by atoms with Crippen LogP contribution in [0, 0.1) is 0 Å². The molecule has 5 aliphatic rings. The Morgan fingerprint density at radius 1 is 1.03 bits per heavy atom. The smallest absolute Gasteiger partial charge is 0.253 e. The van der Waals surface area contributed by atoms with Gasteiger partial charge >= 0.3 is 0 Å². The predicted octanol–water partition coefficient (Wildman–Crippen LogP) is -2.40. The highest BCUT2D eigenvalue weighted by Gasteiger charge is 2.61. The molecule has 10 heteroatoms. The quantitative estimate of drug-likeness (QED) is 0.373. The minimum atomic E-state index is -1.51. The number of hydrogen-bond acceptors (Lipinski definition) is 7. The number of fused-ring (bicyclic) bond motifs is 2. The molecule has 5 saturated heterocycles. The van der Waals surface area contributed by atoms with Crippen LogP contribution < -0.4 is 5.32 Å². The van der Waals surface area contributed by atoms with Crippen molar-refractivity contribution in [2.75, 3.05) is 19.6 Å². The molecule has 3 amide bonds. The van der Waals surface area contributed by atoms with Crippen LogP contribution in [0.3, 0.4) is 0 Å². The van der Waals surface area contributed by atoms with E-state index in [1.165, 1.54) is 18.7 Å². The lowest BCUT2D eigenvalue weighted by Crippen LogP contribution is -2.83. The van der Waals surface area contributed by atoms with E-state index in [9.17, 15) is 29.7 Å². The number of hydrogen-bond donors (Lipinski definition) is 4. The van der Waals surface area contributed by atoms with Crippen LogP contribution in [0.1, 0.15) is 39.5 Å². The van der Waals surface area contributed by atoms with Crippen LogP contribution in [0.4, 0.5) is 0 Å². The molecule has 0 spiro atoms. The summed E-state index contributed by atoms with van der Waals surface area (Å²) in [6.07, 6.45) is -1.01. The molecule has 0 aromatic heterocycles. The second-order valence-electron chi connectivity index (χ2n) is 8.80. The van der Waals surface area contributed by atoms with Gasteiger partial charge in [-0.1, -0.05) is 0 Å². The van der Waals surface area contributed by atoms with E-state index in [0.29, 0.717) is 38.8 Å². The van der Waals surface area contributed by atoms with Crippen LogP contribution in [0.25, 0.3) is 0 Å². The summed E-state index contributed by atoms with van der Waals surface area (Å²) in [5.74, 6) is -1.17. The van der Waals surface area contributed by atoms with E-state index >= 15 is 0 Å². The molecule has 0 aliphatic carbocycles. The Morgan fingerprint density at radius 3 is 2.31 bits per heavy atom. The molecule has 2 bridgehead atoms. The molecule has 5 heterocycles. The minimum Gasteiger partial charge on any atom is -0.391 e. The zero-order valence-electron chi connectivity index (χ0n) is 16.8. The van der Waals surface area contributed by atoms with Gasteiger partial charge in [-0.2, -0.15) is 0 Å². The highest BCUT2D eigenvalue weighted by atomic mass is 16.3.